The van der Waals surface area contributed by atoms with E-state index in [1.165, 1.54) is 18.3 Å². The number of imidazole rings is 1. The first-order valence-corrected chi connectivity index (χ1v) is 3.92. The van der Waals surface area contributed by atoms with Crippen LogP contribution in [0.1, 0.15) is 10.6 Å². The molecule has 2 rings (SSSR count). The number of carbonyl (C=O) groups excluding carboxylic acids is 1. The third kappa shape index (κ3) is 1.52. The van der Waals surface area contributed by atoms with E-state index in [-0.39, 0.29) is 5.82 Å². The van der Waals surface area contributed by atoms with Crippen LogP contribution >= 0.6 is 0 Å². The average molecular weight is 191 g/mol. The van der Waals surface area contributed by atoms with E-state index in [1.807, 2.05) is 0 Å². The third-order valence-electron chi connectivity index (χ3n) is 1.71. The van der Waals surface area contributed by atoms with Gasteiger partial charge < -0.3 is 4.98 Å². The molecule has 0 amide bonds. The number of nitrogens with one attached hydrogen (secondary N) is 1. The van der Waals surface area contributed by atoms with Gasteiger partial charge in [0.25, 0.3) is 0 Å². The molecule has 0 aliphatic rings. The Morgan fingerprint density at radius 3 is 2.71 bits per heavy atom. The zero-order chi connectivity index (χ0) is 9.97. The summed E-state index contributed by atoms with van der Waals surface area (Å²) in [5.41, 5.74) is 1.14. The second kappa shape index (κ2) is 3.37. The molecule has 0 bridgehead atoms. The second-order valence-corrected chi connectivity index (χ2v) is 2.66. The number of pyridine rings is 1. The number of aromatic amines is 1. The fourth-order valence-electron chi connectivity index (χ4n) is 1.06. The van der Waals surface area contributed by atoms with Crippen LogP contribution in [0.25, 0.3) is 11.4 Å². The minimum atomic E-state index is -0.399. The van der Waals surface area contributed by atoms with Crippen LogP contribution in [-0.2, 0) is 0 Å². The van der Waals surface area contributed by atoms with Gasteiger partial charge in [-0.2, -0.15) is 0 Å². The van der Waals surface area contributed by atoms with Gasteiger partial charge in [-0.15, -0.1) is 0 Å². The van der Waals surface area contributed by atoms with E-state index in [9.17, 15) is 9.18 Å². The Labute approximate surface area is 78.8 Å². The first-order valence-electron chi connectivity index (χ1n) is 3.92. The summed E-state index contributed by atoms with van der Waals surface area (Å²) in [7, 11) is 0. The van der Waals surface area contributed by atoms with Crippen molar-refractivity contribution in [2.45, 2.75) is 0 Å². The summed E-state index contributed by atoms with van der Waals surface area (Å²) in [6, 6.07) is 2.81. The third-order valence-corrected chi connectivity index (χ3v) is 1.71. The molecule has 70 valence electrons. The van der Waals surface area contributed by atoms with Crippen molar-refractivity contribution in [1.82, 2.24) is 15.0 Å². The van der Waals surface area contributed by atoms with Crippen molar-refractivity contribution in [3.63, 3.8) is 0 Å². The Morgan fingerprint density at radius 2 is 2.14 bits per heavy atom. The van der Waals surface area contributed by atoms with Gasteiger partial charge in [0.15, 0.2) is 12.1 Å². The lowest BCUT2D eigenvalue weighted by atomic mass is 10.3. The fraction of sp³-hybridized carbons (Fsp3) is 0. The quantitative estimate of drug-likeness (QED) is 0.730. The molecule has 2 aromatic rings. The lowest BCUT2D eigenvalue weighted by Crippen LogP contribution is -1.85. The maximum atomic E-state index is 12.5. The fourth-order valence-corrected chi connectivity index (χ4v) is 1.06. The Hall–Kier alpha value is -2.04. The molecule has 0 fully saturated rings. The van der Waals surface area contributed by atoms with Gasteiger partial charge in [0.05, 0.1) is 23.8 Å². The first kappa shape index (κ1) is 8.55. The van der Waals surface area contributed by atoms with Gasteiger partial charge in [-0.3, -0.25) is 9.78 Å². The van der Waals surface area contributed by atoms with Crippen molar-refractivity contribution >= 4 is 6.29 Å². The van der Waals surface area contributed by atoms with Gasteiger partial charge in [0, 0.05) is 0 Å². The number of hydrogen-bond acceptors (Lipinski definition) is 3. The molecule has 2 heterocycles. The van der Waals surface area contributed by atoms with E-state index >= 15 is 0 Å². The summed E-state index contributed by atoms with van der Waals surface area (Å²) in [6.07, 6.45) is 3.19. The van der Waals surface area contributed by atoms with E-state index in [0.717, 1.165) is 6.20 Å². The van der Waals surface area contributed by atoms with Crippen LogP contribution in [0, 0.1) is 5.82 Å². The van der Waals surface area contributed by atoms with E-state index in [1.54, 1.807) is 0 Å². The molecule has 0 radical (unpaired) electrons. The highest BCUT2D eigenvalue weighted by molar-refractivity contribution is 5.71. The highest BCUT2D eigenvalue weighted by Crippen LogP contribution is 2.13. The van der Waals surface area contributed by atoms with Gasteiger partial charge in [-0.05, 0) is 12.1 Å². The summed E-state index contributed by atoms with van der Waals surface area (Å²) < 4.78 is 12.5. The molecule has 0 unspecified atom stereocenters. The van der Waals surface area contributed by atoms with Crippen molar-refractivity contribution in [2.24, 2.45) is 0 Å². The lowest BCUT2D eigenvalue weighted by molar-refractivity contribution is 0.111. The van der Waals surface area contributed by atoms with Crippen LogP contribution in [0.5, 0.6) is 0 Å². The van der Waals surface area contributed by atoms with Crippen molar-refractivity contribution in [3.8, 4) is 11.4 Å². The second-order valence-electron chi connectivity index (χ2n) is 2.66. The van der Waals surface area contributed by atoms with Gasteiger partial charge in [-0.25, -0.2) is 9.37 Å². The first-order chi connectivity index (χ1) is 6.79. The van der Waals surface area contributed by atoms with Crippen LogP contribution in [0.15, 0.2) is 24.5 Å². The molecule has 0 aliphatic heterocycles. The molecule has 0 saturated carbocycles. The van der Waals surface area contributed by atoms with E-state index < -0.39 is 5.82 Å². The van der Waals surface area contributed by atoms with Gasteiger partial charge in [0.2, 0.25) is 0 Å². The monoisotopic (exact) mass is 191 g/mol. The summed E-state index contributed by atoms with van der Waals surface area (Å²) in [5, 5.41) is 0. The number of hydrogen-bond donors (Lipinski definition) is 1. The minimum Gasteiger partial charge on any atom is -0.334 e. The summed E-state index contributed by atoms with van der Waals surface area (Å²) >= 11 is 0. The number of aromatic nitrogens is 3. The Morgan fingerprint density at radius 1 is 1.29 bits per heavy atom. The maximum absolute atomic E-state index is 12.5. The van der Waals surface area contributed by atoms with Gasteiger partial charge in [0.1, 0.15) is 5.82 Å². The molecule has 0 atom stereocenters. The standard InChI is InChI=1S/C9H6FN3O/c10-6-1-2-7(11-3-6)8-4-12-9(5-14)13-8/h1-5H,(H,12,13). The van der Waals surface area contributed by atoms with Gasteiger partial charge >= 0.3 is 0 Å². The number of rotatable bonds is 2. The highest BCUT2D eigenvalue weighted by Gasteiger charge is 2.03. The molecular weight excluding hydrogens is 185 g/mol. The molecule has 1 N–H and O–H groups in total. The van der Waals surface area contributed by atoms with Crippen LogP contribution < -0.4 is 0 Å². The summed E-state index contributed by atoms with van der Waals surface area (Å²) in [6.45, 7) is 0. The summed E-state index contributed by atoms with van der Waals surface area (Å²) in [4.78, 5) is 20.7. The van der Waals surface area contributed by atoms with E-state index in [2.05, 4.69) is 15.0 Å². The number of carbonyl (C=O) groups is 1. The molecule has 0 saturated heterocycles. The molecule has 5 heteroatoms. The molecule has 0 spiro atoms. The number of aldehydes is 1. The van der Waals surface area contributed by atoms with Crippen LogP contribution in [0.2, 0.25) is 0 Å². The number of H-pyrrole nitrogens is 1. The normalized spacial score (nSPS) is 10.1. The topological polar surface area (TPSA) is 58.6 Å². The highest BCUT2D eigenvalue weighted by atomic mass is 19.1. The summed E-state index contributed by atoms with van der Waals surface area (Å²) in [5.74, 6) is -0.171. The van der Waals surface area contributed by atoms with Crippen molar-refractivity contribution in [2.75, 3.05) is 0 Å². The number of nitrogens with zero attached hydrogens (tertiary/aromatic N) is 2. The molecule has 4 nitrogen and oxygen atoms in total. The van der Waals surface area contributed by atoms with Crippen molar-refractivity contribution in [3.05, 3.63) is 36.2 Å². The number of halogens is 1. The SMILES string of the molecule is O=Cc1ncc(-c2ccc(F)cn2)[nH]1. The van der Waals surface area contributed by atoms with Crippen molar-refractivity contribution < 1.29 is 9.18 Å². The zero-order valence-corrected chi connectivity index (χ0v) is 7.07. The van der Waals surface area contributed by atoms with E-state index in [4.69, 9.17) is 0 Å². The molecule has 0 aliphatic carbocycles. The molecule has 14 heavy (non-hydrogen) atoms. The predicted molar refractivity (Wildman–Crippen MR) is 47.2 cm³/mol. The maximum Gasteiger partial charge on any atom is 0.185 e. The average Bonchev–Trinajstić information content (AvgIpc) is 2.67. The Balaban J connectivity index is 2.39. The van der Waals surface area contributed by atoms with E-state index in [0.29, 0.717) is 17.7 Å². The molecular formula is C9H6FN3O. The molecule has 0 aromatic carbocycles. The minimum absolute atomic E-state index is 0.228. The van der Waals surface area contributed by atoms with Crippen LogP contribution in [-0.4, -0.2) is 21.2 Å². The Bertz CT molecular complexity index is 449. The lowest BCUT2D eigenvalue weighted by Gasteiger charge is -1.94. The molecule has 2 aromatic heterocycles. The Kier molecular flexibility index (Phi) is 2.06. The predicted octanol–water partition coefficient (Wildman–Crippen LogP) is 1.42. The van der Waals surface area contributed by atoms with Gasteiger partial charge in [-0.1, -0.05) is 0 Å². The smallest absolute Gasteiger partial charge is 0.185 e. The van der Waals surface area contributed by atoms with Crippen molar-refractivity contribution in [1.29, 1.82) is 0 Å². The zero-order valence-electron chi connectivity index (χ0n) is 7.07. The van der Waals surface area contributed by atoms with Crippen LogP contribution in [0.3, 0.4) is 0 Å². The largest absolute Gasteiger partial charge is 0.334 e. The van der Waals surface area contributed by atoms with Crippen LogP contribution in [0.4, 0.5) is 4.39 Å².